The van der Waals surface area contributed by atoms with E-state index < -0.39 is 5.41 Å². The molecule has 1 rings (SSSR count). The lowest BCUT2D eigenvalue weighted by atomic mass is 9.62. The van der Waals surface area contributed by atoms with Crippen molar-refractivity contribution in [1.29, 1.82) is 0 Å². The topological polar surface area (TPSA) is 55.1 Å². The predicted octanol–water partition coefficient (Wildman–Crippen LogP) is 3.41. The number of carbonyl (C=O) groups excluding carboxylic acids is 1. The average Bonchev–Trinajstić information content (AvgIpc) is 2.32. The summed E-state index contributed by atoms with van der Waals surface area (Å²) in [5.74, 6) is 1.39. The van der Waals surface area contributed by atoms with Crippen LogP contribution in [0.15, 0.2) is 0 Å². The molecule has 0 aliphatic heterocycles. The van der Waals surface area contributed by atoms with Gasteiger partial charge >= 0.3 is 0 Å². The van der Waals surface area contributed by atoms with Gasteiger partial charge in [0.1, 0.15) is 0 Å². The van der Waals surface area contributed by atoms with Gasteiger partial charge in [0, 0.05) is 6.54 Å². The van der Waals surface area contributed by atoms with Crippen molar-refractivity contribution >= 4 is 23.1 Å². The van der Waals surface area contributed by atoms with E-state index in [1.54, 1.807) is 0 Å². The average molecular weight is 298 g/mol. The lowest BCUT2D eigenvalue weighted by Gasteiger charge is -2.44. The van der Waals surface area contributed by atoms with Gasteiger partial charge in [-0.1, -0.05) is 58.7 Å². The van der Waals surface area contributed by atoms with E-state index in [2.05, 4.69) is 26.1 Å². The summed E-state index contributed by atoms with van der Waals surface area (Å²) in [4.78, 5) is 12.6. The molecule has 0 aromatic heterocycles. The molecule has 0 heterocycles. The Kier molecular flexibility index (Phi) is 6.93. The number of nitrogens with two attached hydrogens (primary N) is 1. The van der Waals surface area contributed by atoms with Gasteiger partial charge in [0.25, 0.3) is 0 Å². The number of hydrogen-bond donors (Lipinski definition) is 2. The van der Waals surface area contributed by atoms with Gasteiger partial charge in [-0.3, -0.25) is 4.79 Å². The molecule has 0 bridgehead atoms. The molecule has 1 aliphatic carbocycles. The van der Waals surface area contributed by atoms with E-state index in [1.165, 1.54) is 25.7 Å². The first-order valence-corrected chi connectivity index (χ1v) is 8.37. The van der Waals surface area contributed by atoms with E-state index in [1.807, 2.05) is 0 Å². The summed E-state index contributed by atoms with van der Waals surface area (Å²) >= 11 is 5.09. The van der Waals surface area contributed by atoms with Crippen LogP contribution in [0.25, 0.3) is 0 Å². The third-order valence-corrected chi connectivity index (χ3v) is 4.68. The van der Waals surface area contributed by atoms with Crippen LogP contribution in [0.2, 0.25) is 0 Å². The fourth-order valence-corrected chi connectivity index (χ4v) is 3.29. The summed E-state index contributed by atoms with van der Waals surface area (Å²) < 4.78 is 0. The maximum Gasteiger partial charge on any atom is 0.233 e. The van der Waals surface area contributed by atoms with Crippen LogP contribution in [-0.2, 0) is 4.79 Å². The molecule has 0 radical (unpaired) electrons. The van der Waals surface area contributed by atoms with Gasteiger partial charge in [-0.25, -0.2) is 0 Å². The Balaban J connectivity index is 2.15. The van der Waals surface area contributed by atoms with Crippen LogP contribution in [0, 0.1) is 17.3 Å². The highest BCUT2D eigenvalue weighted by molar-refractivity contribution is 7.80. The van der Waals surface area contributed by atoms with Crippen LogP contribution in [0.3, 0.4) is 0 Å². The van der Waals surface area contributed by atoms with Gasteiger partial charge in [0.05, 0.1) is 10.4 Å². The minimum atomic E-state index is -0.549. The SMILES string of the molecule is CC(C)CCCCCCNC(=O)C1(C(N)=S)CC(C)C1. The fourth-order valence-electron chi connectivity index (χ4n) is 3.03. The van der Waals surface area contributed by atoms with Crippen LogP contribution < -0.4 is 11.1 Å². The standard InChI is InChI=1S/C16H30N2OS/c1-12(2)8-6-4-5-7-9-18-15(19)16(14(17)20)10-13(3)11-16/h12-13H,4-11H2,1-3H3,(H2,17,20)(H,18,19). The molecule has 20 heavy (non-hydrogen) atoms. The van der Waals surface area contributed by atoms with Crippen molar-refractivity contribution in [2.75, 3.05) is 6.54 Å². The highest BCUT2D eigenvalue weighted by atomic mass is 32.1. The van der Waals surface area contributed by atoms with Crippen LogP contribution in [-0.4, -0.2) is 17.4 Å². The first-order valence-electron chi connectivity index (χ1n) is 7.96. The molecule has 1 amide bonds. The Morgan fingerprint density at radius 3 is 2.40 bits per heavy atom. The zero-order valence-electron chi connectivity index (χ0n) is 13.2. The molecule has 0 aromatic carbocycles. The molecule has 0 saturated heterocycles. The first kappa shape index (κ1) is 17.4. The van der Waals surface area contributed by atoms with Crippen molar-refractivity contribution in [1.82, 2.24) is 5.32 Å². The van der Waals surface area contributed by atoms with Crippen molar-refractivity contribution in [2.45, 2.75) is 65.7 Å². The Morgan fingerprint density at radius 2 is 1.90 bits per heavy atom. The molecule has 0 spiro atoms. The van der Waals surface area contributed by atoms with Gasteiger partial charge in [-0.2, -0.15) is 0 Å². The third kappa shape index (κ3) is 4.72. The summed E-state index contributed by atoms with van der Waals surface area (Å²) in [6.45, 7) is 7.40. The summed E-state index contributed by atoms with van der Waals surface area (Å²) in [6.07, 6.45) is 7.70. The molecule has 1 saturated carbocycles. The quantitative estimate of drug-likeness (QED) is 0.506. The molecule has 116 valence electrons. The second kappa shape index (κ2) is 7.96. The molecule has 1 aliphatic rings. The van der Waals surface area contributed by atoms with Crippen molar-refractivity contribution in [2.24, 2.45) is 23.0 Å². The molecule has 4 heteroatoms. The van der Waals surface area contributed by atoms with E-state index in [0.717, 1.165) is 31.7 Å². The molecular formula is C16H30N2OS. The lowest BCUT2D eigenvalue weighted by molar-refractivity contribution is -0.132. The molecule has 3 N–H and O–H groups in total. The van der Waals surface area contributed by atoms with Crippen LogP contribution >= 0.6 is 12.2 Å². The third-order valence-electron chi connectivity index (χ3n) is 4.29. The predicted molar refractivity (Wildman–Crippen MR) is 88.5 cm³/mol. The zero-order valence-corrected chi connectivity index (χ0v) is 14.0. The van der Waals surface area contributed by atoms with Crippen LogP contribution in [0.1, 0.15) is 65.7 Å². The maximum atomic E-state index is 12.2. The normalized spacial score (nSPS) is 25.3. The van der Waals surface area contributed by atoms with Gasteiger partial charge in [0.2, 0.25) is 5.91 Å². The summed E-state index contributed by atoms with van der Waals surface area (Å²) in [7, 11) is 0. The first-order chi connectivity index (χ1) is 9.38. The molecule has 0 unspecified atom stereocenters. The van der Waals surface area contributed by atoms with Crippen molar-refractivity contribution in [3.8, 4) is 0 Å². The lowest BCUT2D eigenvalue weighted by Crippen LogP contribution is -2.56. The minimum Gasteiger partial charge on any atom is -0.392 e. The number of carbonyl (C=O) groups is 1. The number of amides is 1. The van der Waals surface area contributed by atoms with Crippen molar-refractivity contribution in [3.63, 3.8) is 0 Å². The highest BCUT2D eigenvalue weighted by Crippen LogP contribution is 2.45. The molecule has 0 atom stereocenters. The monoisotopic (exact) mass is 298 g/mol. The minimum absolute atomic E-state index is 0.0466. The zero-order chi connectivity index (χ0) is 15.2. The van der Waals surface area contributed by atoms with E-state index in [0.29, 0.717) is 10.9 Å². The van der Waals surface area contributed by atoms with Gasteiger partial charge < -0.3 is 11.1 Å². The van der Waals surface area contributed by atoms with Crippen molar-refractivity contribution in [3.05, 3.63) is 0 Å². The van der Waals surface area contributed by atoms with Crippen molar-refractivity contribution < 1.29 is 4.79 Å². The highest BCUT2D eigenvalue weighted by Gasteiger charge is 2.50. The van der Waals surface area contributed by atoms with Gasteiger partial charge in [0.15, 0.2) is 0 Å². The van der Waals surface area contributed by atoms with Crippen LogP contribution in [0.4, 0.5) is 0 Å². The molecule has 1 fully saturated rings. The Hall–Kier alpha value is -0.640. The van der Waals surface area contributed by atoms with E-state index in [-0.39, 0.29) is 5.91 Å². The molecule has 0 aromatic rings. The Bertz CT molecular complexity index is 335. The van der Waals surface area contributed by atoms with Gasteiger partial charge in [-0.15, -0.1) is 0 Å². The summed E-state index contributed by atoms with van der Waals surface area (Å²) in [5.41, 5.74) is 5.22. The Morgan fingerprint density at radius 1 is 1.30 bits per heavy atom. The van der Waals surface area contributed by atoms with E-state index in [9.17, 15) is 4.79 Å². The number of unbranched alkanes of at least 4 members (excludes halogenated alkanes) is 3. The molecular weight excluding hydrogens is 268 g/mol. The second-order valence-electron chi connectivity index (χ2n) is 6.81. The summed E-state index contributed by atoms with van der Waals surface area (Å²) in [5, 5.41) is 3.02. The van der Waals surface area contributed by atoms with E-state index >= 15 is 0 Å². The smallest absolute Gasteiger partial charge is 0.233 e. The van der Waals surface area contributed by atoms with Gasteiger partial charge in [-0.05, 0) is 31.1 Å². The molecule has 3 nitrogen and oxygen atoms in total. The number of nitrogens with one attached hydrogen (secondary N) is 1. The number of rotatable bonds is 9. The Labute approximate surface area is 129 Å². The number of hydrogen-bond acceptors (Lipinski definition) is 2. The van der Waals surface area contributed by atoms with Crippen LogP contribution in [0.5, 0.6) is 0 Å². The maximum absolute atomic E-state index is 12.2. The number of thiocarbonyl (C=S) groups is 1. The fraction of sp³-hybridized carbons (Fsp3) is 0.875. The summed E-state index contributed by atoms with van der Waals surface area (Å²) in [6, 6.07) is 0. The van der Waals surface area contributed by atoms with E-state index in [4.69, 9.17) is 18.0 Å². The largest absolute Gasteiger partial charge is 0.392 e. The second-order valence-corrected chi connectivity index (χ2v) is 7.25.